The van der Waals surface area contributed by atoms with E-state index in [9.17, 15) is 0 Å². The van der Waals surface area contributed by atoms with Crippen LogP contribution in [0.1, 0.15) is 135 Å². The van der Waals surface area contributed by atoms with E-state index in [1.165, 1.54) is 115 Å². The minimum atomic E-state index is 0.191. The molecular weight excluding hydrogens is 398 g/mol. The zero-order valence-corrected chi connectivity index (χ0v) is 23.3. The molecule has 0 saturated heterocycles. The molecule has 0 saturated carbocycles. The van der Waals surface area contributed by atoms with Crippen molar-refractivity contribution in [3.8, 4) is 0 Å². The number of unbranched alkanes of at least 4 members (excludes halogenated alkanes) is 13. The molecule has 0 aromatic heterocycles. The van der Waals surface area contributed by atoms with Crippen LogP contribution in [0, 0.1) is 0 Å². The van der Waals surface area contributed by atoms with Crippen molar-refractivity contribution in [1.29, 1.82) is 0 Å². The van der Waals surface area contributed by atoms with Crippen LogP contribution in [0.15, 0.2) is 36.9 Å². The highest BCUT2D eigenvalue weighted by Gasteiger charge is 2.44. The van der Waals surface area contributed by atoms with Gasteiger partial charge >= 0.3 is 0 Å². The first-order valence-electron chi connectivity index (χ1n) is 14.5. The largest absolute Gasteiger partial charge is 0.320 e. The number of hydrogen-bond donors (Lipinski definition) is 0. The minimum absolute atomic E-state index is 0.191. The maximum atomic E-state index is 4.01. The van der Waals surface area contributed by atoms with E-state index in [1.807, 2.05) is 0 Å². The summed E-state index contributed by atoms with van der Waals surface area (Å²) in [6, 6.07) is 9.11. The Balaban J connectivity index is 2.36. The van der Waals surface area contributed by atoms with Gasteiger partial charge in [-0.3, -0.25) is 0 Å². The second-order valence-corrected chi connectivity index (χ2v) is 10.9. The van der Waals surface area contributed by atoms with Crippen LogP contribution in [-0.4, -0.2) is 25.1 Å². The summed E-state index contributed by atoms with van der Waals surface area (Å²) in [4.78, 5) is 0. The van der Waals surface area contributed by atoms with Crippen LogP contribution in [0.3, 0.4) is 0 Å². The van der Waals surface area contributed by atoms with Gasteiger partial charge < -0.3 is 4.48 Å². The average molecular weight is 457 g/mol. The molecule has 1 nitrogen and oxygen atoms in total. The molecular formula is C32H58N+. The van der Waals surface area contributed by atoms with Gasteiger partial charge in [-0.1, -0.05) is 128 Å². The molecule has 0 aliphatic heterocycles. The molecule has 1 aromatic carbocycles. The second-order valence-electron chi connectivity index (χ2n) is 10.9. The average Bonchev–Trinajstić information content (AvgIpc) is 2.81. The molecule has 190 valence electrons. The highest BCUT2D eigenvalue weighted by atomic mass is 15.4. The number of nitrogens with zero attached hydrogens (tertiary/aromatic N) is 1. The fourth-order valence-electron chi connectivity index (χ4n) is 6.04. The van der Waals surface area contributed by atoms with Gasteiger partial charge in [0.1, 0.15) is 5.54 Å². The third-order valence-corrected chi connectivity index (χ3v) is 8.28. The van der Waals surface area contributed by atoms with E-state index in [0.29, 0.717) is 0 Å². The lowest BCUT2D eigenvalue weighted by atomic mass is 9.78. The van der Waals surface area contributed by atoms with Crippen LogP contribution < -0.4 is 0 Å². The lowest BCUT2D eigenvalue weighted by molar-refractivity contribution is -0.951. The summed E-state index contributed by atoms with van der Waals surface area (Å²) in [6.07, 6.45) is 25.4. The maximum absolute atomic E-state index is 4.01. The summed E-state index contributed by atoms with van der Waals surface area (Å²) in [5, 5.41) is 0. The highest BCUT2D eigenvalue weighted by molar-refractivity contribution is 5.34. The molecule has 0 aliphatic rings. The van der Waals surface area contributed by atoms with E-state index in [-0.39, 0.29) is 5.54 Å². The number of allylic oxidation sites excluding steroid dienone is 1. The van der Waals surface area contributed by atoms with E-state index in [4.69, 9.17) is 0 Å². The molecule has 0 fully saturated rings. The molecule has 0 amide bonds. The molecule has 1 rings (SSSR count). The fourth-order valence-corrected chi connectivity index (χ4v) is 6.04. The molecule has 0 atom stereocenters. The highest BCUT2D eigenvalue weighted by Crippen LogP contribution is 2.41. The Morgan fingerprint density at radius 1 is 0.697 bits per heavy atom. The van der Waals surface area contributed by atoms with Crippen LogP contribution >= 0.6 is 0 Å². The summed E-state index contributed by atoms with van der Waals surface area (Å²) in [5.41, 5.74) is 3.20. The Hall–Kier alpha value is -1.08. The summed E-state index contributed by atoms with van der Waals surface area (Å²) < 4.78 is 1.09. The molecule has 0 unspecified atom stereocenters. The van der Waals surface area contributed by atoms with Gasteiger partial charge in [-0.15, -0.1) is 6.58 Å². The maximum Gasteiger partial charge on any atom is 0.124 e. The molecule has 1 aromatic rings. The van der Waals surface area contributed by atoms with Crippen LogP contribution in [0.4, 0.5) is 0 Å². The molecule has 0 heterocycles. The quantitative estimate of drug-likeness (QED) is 0.0980. The van der Waals surface area contributed by atoms with E-state index in [2.05, 4.69) is 71.8 Å². The number of hydrogen-bond acceptors (Lipinski definition) is 0. The molecule has 0 radical (unpaired) electrons. The SMILES string of the molecule is C=CCc1ccccc1C(CC)(CC)[N+](C)(C)CCCCCCCCCCCCCCCC. The molecule has 33 heavy (non-hydrogen) atoms. The van der Waals surface area contributed by atoms with Crippen molar-refractivity contribution in [3.63, 3.8) is 0 Å². The zero-order valence-electron chi connectivity index (χ0n) is 23.3. The lowest BCUT2D eigenvalue weighted by Gasteiger charge is -2.49. The van der Waals surface area contributed by atoms with Crippen molar-refractivity contribution in [3.05, 3.63) is 48.0 Å². The Morgan fingerprint density at radius 2 is 1.15 bits per heavy atom. The van der Waals surface area contributed by atoms with Gasteiger partial charge in [-0.25, -0.2) is 0 Å². The fraction of sp³-hybridized carbons (Fsp3) is 0.750. The monoisotopic (exact) mass is 456 g/mol. The first kappa shape index (κ1) is 30.0. The standard InChI is InChI=1S/C32H58N/c1-7-11-12-13-14-15-16-17-18-19-20-21-22-25-29-33(5,6)32(9-3,10-4)31-28-24-23-27-30(31)26-8-2/h8,23-24,27-28H,2,7,9-22,25-26,29H2,1,3-6H3/q+1. The Bertz CT molecular complexity index is 611. The first-order valence-corrected chi connectivity index (χ1v) is 14.5. The van der Waals surface area contributed by atoms with Gasteiger partial charge in [0.05, 0.1) is 20.6 Å². The summed E-state index contributed by atoms with van der Waals surface area (Å²) >= 11 is 0. The van der Waals surface area contributed by atoms with E-state index in [0.717, 1.165) is 10.9 Å². The van der Waals surface area contributed by atoms with Crippen molar-refractivity contribution in [2.45, 2.75) is 135 Å². The van der Waals surface area contributed by atoms with E-state index < -0.39 is 0 Å². The van der Waals surface area contributed by atoms with Gasteiger partial charge in [0.2, 0.25) is 0 Å². The third-order valence-electron chi connectivity index (χ3n) is 8.28. The van der Waals surface area contributed by atoms with Crippen molar-refractivity contribution in [2.24, 2.45) is 0 Å². The van der Waals surface area contributed by atoms with E-state index >= 15 is 0 Å². The molecule has 1 heteroatoms. The Morgan fingerprint density at radius 3 is 1.61 bits per heavy atom. The Kier molecular flexibility index (Phi) is 15.8. The second kappa shape index (κ2) is 17.4. The van der Waals surface area contributed by atoms with Gasteiger partial charge in [-0.2, -0.15) is 0 Å². The molecule has 0 N–H and O–H groups in total. The predicted octanol–water partition coefficient (Wildman–Crippen LogP) is 9.99. The zero-order chi connectivity index (χ0) is 24.4. The predicted molar refractivity (Wildman–Crippen MR) is 150 cm³/mol. The summed E-state index contributed by atoms with van der Waals surface area (Å²) in [5.74, 6) is 0. The van der Waals surface area contributed by atoms with Crippen molar-refractivity contribution in [2.75, 3.05) is 20.6 Å². The van der Waals surface area contributed by atoms with Crippen LogP contribution in [0.2, 0.25) is 0 Å². The van der Waals surface area contributed by atoms with Gasteiger partial charge in [0.25, 0.3) is 0 Å². The lowest BCUT2D eigenvalue weighted by Crippen LogP contribution is -2.57. The molecule has 0 spiro atoms. The molecule has 0 bridgehead atoms. The van der Waals surface area contributed by atoms with Crippen molar-refractivity contribution >= 4 is 0 Å². The summed E-state index contributed by atoms with van der Waals surface area (Å²) in [6.45, 7) is 12.3. The normalized spacial score (nSPS) is 12.3. The van der Waals surface area contributed by atoms with Gasteiger partial charge in [0.15, 0.2) is 0 Å². The van der Waals surface area contributed by atoms with Crippen LogP contribution in [0.25, 0.3) is 0 Å². The topological polar surface area (TPSA) is 0 Å². The van der Waals surface area contributed by atoms with E-state index in [1.54, 1.807) is 5.56 Å². The summed E-state index contributed by atoms with van der Waals surface area (Å²) in [7, 11) is 4.94. The third kappa shape index (κ3) is 9.97. The molecule has 0 aliphatic carbocycles. The number of benzene rings is 1. The smallest absolute Gasteiger partial charge is 0.124 e. The van der Waals surface area contributed by atoms with Crippen LogP contribution in [-0.2, 0) is 12.0 Å². The number of quaternary nitrogens is 1. The van der Waals surface area contributed by atoms with Crippen molar-refractivity contribution in [1.82, 2.24) is 0 Å². The Labute approximate surface area is 208 Å². The van der Waals surface area contributed by atoms with Gasteiger partial charge in [0, 0.05) is 18.4 Å². The first-order chi connectivity index (χ1) is 16.0. The number of rotatable bonds is 21. The van der Waals surface area contributed by atoms with Crippen LogP contribution in [0.5, 0.6) is 0 Å². The minimum Gasteiger partial charge on any atom is -0.320 e. The van der Waals surface area contributed by atoms with Gasteiger partial charge in [-0.05, 0) is 24.8 Å². The van der Waals surface area contributed by atoms with Crippen molar-refractivity contribution < 1.29 is 4.48 Å².